The maximum atomic E-state index is 14.2. The van der Waals surface area contributed by atoms with Crippen molar-refractivity contribution in [2.24, 2.45) is 11.3 Å². The SMILES string of the molecule is C=CC(=O)N1CC2(CCN(C(=O)[C@@H]3COC(C)(C)C[C@@H]3c3cccc(F)c3Cl)[C@@H](C)C2)C1. The van der Waals surface area contributed by atoms with Crippen LogP contribution in [0.1, 0.15) is 51.5 Å². The van der Waals surface area contributed by atoms with Crippen molar-refractivity contribution in [2.45, 2.75) is 57.6 Å². The first-order valence-corrected chi connectivity index (χ1v) is 11.7. The Bertz CT molecular complexity index is 928. The topological polar surface area (TPSA) is 49.9 Å². The average molecular weight is 463 g/mol. The highest BCUT2D eigenvalue weighted by atomic mass is 35.5. The summed E-state index contributed by atoms with van der Waals surface area (Å²) < 4.78 is 20.3. The largest absolute Gasteiger partial charge is 0.375 e. The number of amides is 2. The van der Waals surface area contributed by atoms with Crippen molar-refractivity contribution < 1.29 is 18.7 Å². The van der Waals surface area contributed by atoms with E-state index in [1.807, 2.05) is 29.7 Å². The van der Waals surface area contributed by atoms with Gasteiger partial charge in [0.05, 0.1) is 23.1 Å². The van der Waals surface area contributed by atoms with Gasteiger partial charge in [0, 0.05) is 37.0 Å². The summed E-state index contributed by atoms with van der Waals surface area (Å²) in [7, 11) is 0. The van der Waals surface area contributed by atoms with Crippen LogP contribution in [-0.4, -0.2) is 59.5 Å². The van der Waals surface area contributed by atoms with E-state index in [1.165, 1.54) is 12.1 Å². The molecule has 0 bridgehead atoms. The van der Waals surface area contributed by atoms with Crippen LogP contribution in [0, 0.1) is 17.2 Å². The zero-order chi connectivity index (χ0) is 23.3. The molecule has 0 unspecified atom stereocenters. The number of carbonyl (C=O) groups is 2. The summed E-state index contributed by atoms with van der Waals surface area (Å²) in [6.45, 7) is 12.0. The van der Waals surface area contributed by atoms with Crippen molar-refractivity contribution in [1.82, 2.24) is 9.80 Å². The Labute approximate surface area is 194 Å². The standard InChI is InChI=1S/C25H32ClFN2O3/c1-5-21(30)28-14-25(15-28)9-10-29(16(2)11-25)23(31)19-13-32-24(3,4)12-18(19)17-7-6-8-20(27)22(17)26/h5-8,16,18-19H,1,9-15H2,2-4H3/t16-,18+,19+/m0/s1. The molecule has 0 aliphatic carbocycles. The Morgan fingerprint density at radius 3 is 2.66 bits per heavy atom. The van der Waals surface area contributed by atoms with Gasteiger partial charge in [0.2, 0.25) is 11.8 Å². The number of rotatable bonds is 3. The van der Waals surface area contributed by atoms with Crippen LogP contribution < -0.4 is 0 Å². The van der Waals surface area contributed by atoms with Crippen LogP contribution in [0.4, 0.5) is 4.39 Å². The monoisotopic (exact) mass is 462 g/mol. The molecule has 1 aromatic rings. The van der Waals surface area contributed by atoms with Crippen LogP contribution >= 0.6 is 11.6 Å². The van der Waals surface area contributed by atoms with Crippen LogP contribution in [-0.2, 0) is 14.3 Å². The highest BCUT2D eigenvalue weighted by molar-refractivity contribution is 6.31. The summed E-state index contributed by atoms with van der Waals surface area (Å²) >= 11 is 6.34. The van der Waals surface area contributed by atoms with Gasteiger partial charge in [-0.15, -0.1) is 0 Å². The maximum Gasteiger partial charge on any atom is 0.245 e. The van der Waals surface area contributed by atoms with Gasteiger partial charge in [-0.2, -0.15) is 0 Å². The molecule has 0 N–H and O–H groups in total. The lowest BCUT2D eigenvalue weighted by Crippen LogP contribution is -2.64. The number of likely N-dealkylation sites (tertiary alicyclic amines) is 2. The molecular weight excluding hydrogens is 431 g/mol. The van der Waals surface area contributed by atoms with E-state index >= 15 is 0 Å². The van der Waals surface area contributed by atoms with E-state index in [4.69, 9.17) is 16.3 Å². The minimum atomic E-state index is -0.462. The lowest BCUT2D eigenvalue weighted by molar-refractivity contribution is -0.160. The van der Waals surface area contributed by atoms with E-state index in [9.17, 15) is 14.0 Å². The molecule has 2 amide bonds. The lowest BCUT2D eigenvalue weighted by Gasteiger charge is -2.56. The van der Waals surface area contributed by atoms with E-state index in [0.29, 0.717) is 25.1 Å². The van der Waals surface area contributed by atoms with Crippen molar-refractivity contribution in [1.29, 1.82) is 0 Å². The molecule has 3 heterocycles. The number of halogens is 2. The van der Waals surface area contributed by atoms with Gasteiger partial charge in [-0.05, 0) is 57.7 Å². The summed E-state index contributed by atoms with van der Waals surface area (Å²) in [6, 6.07) is 4.89. The van der Waals surface area contributed by atoms with E-state index in [-0.39, 0.29) is 34.2 Å². The first-order chi connectivity index (χ1) is 15.1. The number of piperidine rings is 1. The Morgan fingerprint density at radius 1 is 1.28 bits per heavy atom. The van der Waals surface area contributed by atoms with Gasteiger partial charge in [-0.25, -0.2) is 4.39 Å². The zero-order valence-corrected chi connectivity index (χ0v) is 19.8. The molecule has 0 saturated carbocycles. The summed E-state index contributed by atoms with van der Waals surface area (Å²) in [6.07, 6.45) is 3.69. The van der Waals surface area contributed by atoms with Gasteiger partial charge in [-0.3, -0.25) is 9.59 Å². The van der Waals surface area contributed by atoms with Crippen molar-refractivity contribution in [3.05, 3.63) is 47.3 Å². The second-order valence-electron chi connectivity index (χ2n) is 10.4. The third kappa shape index (κ3) is 4.19. The first kappa shape index (κ1) is 23.2. The van der Waals surface area contributed by atoms with E-state index < -0.39 is 17.3 Å². The van der Waals surface area contributed by atoms with Crippen LogP contribution in [0.25, 0.3) is 0 Å². The Balaban J connectivity index is 1.51. The molecule has 3 saturated heterocycles. The molecule has 0 radical (unpaired) electrons. The van der Waals surface area contributed by atoms with Crippen molar-refractivity contribution in [3.8, 4) is 0 Å². The van der Waals surface area contributed by atoms with Crippen LogP contribution in [0.5, 0.6) is 0 Å². The minimum Gasteiger partial charge on any atom is -0.375 e. The Morgan fingerprint density at radius 2 is 2.00 bits per heavy atom. The smallest absolute Gasteiger partial charge is 0.245 e. The first-order valence-electron chi connectivity index (χ1n) is 11.4. The van der Waals surface area contributed by atoms with Crippen molar-refractivity contribution >= 4 is 23.4 Å². The maximum absolute atomic E-state index is 14.2. The number of hydrogen-bond acceptors (Lipinski definition) is 3. The molecule has 3 aliphatic heterocycles. The quantitative estimate of drug-likeness (QED) is 0.625. The van der Waals surface area contributed by atoms with Gasteiger partial charge in [0.1, 0.15) is 5.82 Å². The normalized spacial score (nSPS) is 28.8. The molecule has 1 aromatic carbocycles. The van der Waals surface area contributed by atoms with Crippen molar-refractivity contribution in [3.63, 3.8) is 0 Å². The minimum absolute atomic E-state index is 0.0291. The number of benzene rings is 1. The third-order valence-electron chi connectivity index (χ3n) is 7.51. The Kier molecular flexibility index (Phi) is 6.14. The number of nitrogens with zero attached hydrogens (tertiary/aromatic N) is 2. The molecule has 174 valence electrons. The van der Waals surface area contributed by atoms with Crippen molar-refractivity contribution in [2.75, 3.05) is 26.2 Å². The lowest BCUT2D eigenvalue weighted by atomic mass is 9.69. The van der Waals surface area contributed by atoms with Gasteiger partial charge < -0.3 is 14.5 Å². The average Bonchev–Trinajstić information content (AvgIpc) is 2.72. The predicted molar refractivity (Wildman–Crippen MR) is 122 cm³/mol. The fraction of sp³-hybridized carbons (Fsp3) is 0.600. The van der Waals surface area contributed by atoms with E-state index in [0.717, 1.165) is 25.9 Å². The van der Waals surface area contributed by atoms with E-state index in [2.05, 4.69) is 13.5 Å². The summed E-state index contributed by atoms with van der Waals surface area (Å²) in [4.78, 5) is 29.3. The fourth-order valence-corrected chi connectivity index (χ4v) is 6.10. The predicted octanol–water partition coefficient (Wildman–Crippen LogP) is 4.40. The van der Waals surface area contributed by atoms with Gasteiger partial charge in [0.15, 0.2) is 0 Å². The second-order valence-corrected chi connectivity index (χ2v) is 10.7. The summed E-state index contributed by atoms with van der Waals surface area (Å²) in [5, 5.41) is 0.0973. The summed E-state index contributed by atoms with van der Waals surface area (Å²) in [5.41, 5.74) is 0.354. The van der Waals surface area contributed by atoms with Gasteiger partial charge in [0.25, 0.3) is 0 Å². The van der Waals surface area contributed by atoms with Gasteiger partial charge in [-0.1, -0.05) is 30.3 Å². The summed E-state index contributed by atoms with van der Waals surface area (Å²) in [5.74, 6) is -1.05. The molecule has 3 atom stereocenters. The van der Waals surface area contributed by atoms with Crippen LogP contribution in [0.15, 0.2) is 30.9 Å². The van der Waals surface area contributed by atoms with Gasteiger partial charge >= 0.3 is 0 Å². The molecular formula is C25H32ClFN2O3. The fourth-order valence-electron chi connectivity index (χ4n) is 5.83. The number of hydrogen-bond donors (Lipinski definition) is 0. The van der Waals surface area contributed by atoms with Crippen LogP contribution in [0.3, 0.4) is 0 Å². The van der Waals surface area contributed by atoms with Crippen LogP contribution in [0.2, 0.25) is 5.02 Å². The molecule has 4 rings (SSSR count). The highest BCUT2D eigenvalue weighted by Crippen LogP contribution is 2.46. The number of carbonyl (C=O) groups excluding carboxylic acids is 2. The van der Waals surface area contributed by atoms with E-state index in [1.54, 1.807) is 6.07 Å². The Hall–Kier alpha value is -1.92. The molecule has 5 nitrogen and oxygen atoms in total. The molecule has 1 spiro atoms. The second kappa shape index (κ2) is 8.45. The molecule has 32 heavy (non-hydrogen) atoms. The number of ether oxygens (including phenoxy) is 1. The highest BCUT2D eigenvalue weighted by Gasteiger charge is 2.50. The molecule has 3 fully saturated rings. The third-order valence-corrected chi connectivity index (χ3v) is 7.91. The molecule has 3 aliphatic rings. The molecule has 0 aromatic heterocycles. The molecule has 7 heteroatoms. The zero-order valence-electron chi connectivity index (χ0n) is 19.1.